The molecule has 0 saturated carbocycles. The zero-order valence-corrected chi connectivity index (χ0v) is 10.7. The normalized spacial score (nSPS) is 15.1. The summed E-state index contributed by atoms with van der Waals surface area (Å²) in [7, 11) is 1.75. The van der Waals surface area contributed by atoms with Crippen LogP contribution in [0.25, 0.3) is 0 Å². The lowest BCUT2D eigenvalue weighted by Gasteiger charge is -2.26. The minimum absolute atomic E-state index is 0.365. The molecule has 1 N–H and O–H groups in total. The van der Waals surface area contributed by atoms with E-state index < -0.39 is 0 Å². The highest BCUT2D eigenvalue weighted by Gasteiger charge is 2.16. The first kappa shape index (κ1) is 13.2. The largest absolute Gasteiger partial charge is 0.383 e. The second-order valence-electron chi connectivity index (χ2n) is 4.60. The second kappa shape index (κ2) is 6.66. The summed E-state index contributed by atoms with van der Waals surface area (Å²) < 4.78 is 5.24. The van der Waals surface area contributed by atoms with Crippen LogP contribution >= 0.6 is 0 Å². The van der Waals surface area contributed by atoms with Crippen molar-refractivity contribution in [2.45, 2.75) is 32.9 Å². The summed E-state index contributed by atoms with van der Waals surface area (Å²) in [6, 6.07) is 11.3. The SMILES string of the molecule is COCC(N[C@@H](C)c1ccccc1)C(C)C. The van der Waals surface area contributed by atoms with E-state index in [0.29, 0.717) is 18.0 Å². The molecule has 1 unspecified atom stereocenters. The van der Waals surface area contributed by atoms with E-state index in [-0.39, 0.29) is 0 Å². The van der Waals surface area contributed by atoms with Gasteiger partial charge in [0.15, 0.2) is 0 Å². The molecule has 1 rings (SSSR count). The third-order valence-electron chi connectivity index (χ3n) is 2.91. The van der Waals surface area contributed by atoms with Crippen LogP contribution in [0.3, 0.4) is 0 Å². The van der Waals surface area contributed by atoms with Gasteiger partial charge in [-0.05, 0) is 18.4 Å². The molecule has 0 aliphatic heterocycles. The predicted molar refractivity (Wildman–Crippen MR) is 68.5 cm³/mol. The van der Waals surface area contributed by atoms with Crippen molar-refractivity contribution in [3.05, 3.63) is 35.9 Å². The molecule has 0 aromatic heterocycles. The highest BCUT2D eigenvalue weighted by atomic mass is 16.5. The third-order valence-corrected chi connectivity index (χ3v) is 2.91. The van der Waals surface area contributed by atoms with Crippen molar-refractivity contribution in [3.8, 4) is 0 Å². The van der Waals surface area contributed by atoms with Crippen molar-refractivity contribution in [3.63, 3.8) is 0 Å². The molecule has 16 heavy (non-hydrogen) atoms. The molecule has 1 aromatic rings. The van der Waals surface area contributed by atoms with Crippen LogP contribution in [0.5, 0.6) is 0 Å². The van der Waals surface area contributed by atoms with Crippen molar-refractivity contribution in [2.75, 3.05) is 13.7 Å². The molecule has 0 spiro atoms. The fourth-order valence-electron chi connectivity index (χ4n) is 1.77. The van der Waals surface area contributed by atoms with Gasteiger partial charge in [0.2, 0.25) is 0 Å². The standard InChI is InChI=1S/C14H23NO/c1-11(2)14(10-16-4)15-12(3)13-8-6-5-7-9-13/h5-9,11-12,14-15H,10H2,1-4H3/t12-,14?/m0/s1. The van der Waals surface area contributed by atoms with Crippen LogP contribution in [-0.4, -0.2) is 19.8 Å². The monoisotopic (exact) mass is 221 g/mol. The highest BCUT2D eigenvalue weighted by molar-refractivity contribution is 5.18. The van der Waals surface area contributed by atoms with Crippen LogP contribution in [0.4, 0.5) is 0 Å². The molecule has 2 nitrogen and oxygen atoms in total. The Balaban J connectivity index is 2.58. The van der Waals surface area contributed by atoms with Crippen LogP contribution in [-0.2, 0) is 4.74 Å². The first-order chi connectivity index (χ1) is 7.65. The summed E-state index contributed by atoms with van der Waals surface area (Å²) in [6.45, 7) is 7.39. The Labute approximate surface area is 99.0 Å². The van der Waals surface area contributed by atoms with Crippen LogP contribution in [0, 0.1) is 5.92 Å². The van der Waals surface area contributed by atoms with Crippen LogP contribution in [0.1, 0.15) is 32.4 Å². The van der Waals surface area contributed by atoms with Crippen molar-refractivity contribution in [1.29, 1.82) is 0 Å². The summed E-state index contributed by atoms with van der Waals surface area (Å²) in [5.74, 6) is 0.575. The summed E-state index contributed by atoms with van der Waals surface area (Å²) in [5.41, 5.74) is 1.32. The van der Waals surface area contributed by atoms with Gasteiger partial charge in [-0.25, -0.2) is 0 Å². The lowest BCUT2D eigenvalue weighted by atomic mass is 10.0. The van der Waals surface area contributed by atoms with Gasteiger partial charge in [0.1, 0.15) is 0 Å². The van der Waals surface area contributed by atoms with E-state index in [1.807, 2.05) is 6.07 Å². The van der Waals surface area contributed by atoms with Gasteiger partial charge in [-0.2, -0.15) is 0 Å². The third kappa shape index (κ3) is 3.95. The van der Waals surface area contributed by atoms with E-state index in [9.17, 15) is 0 Å². The number of rotatable bonds is 6. The van der Waals surface area contributed by atoms with Crippen molar-refractivity contribution < 1.29 is 4.74 Å². The number of ether oxygens (including phenoxy) is 1. The van der Waals surface area contributed by atoms with E-state index in [4.69, 9.17) is 4.74 Å². The lowest BCUT2D eigenvalue weighted by Crippen LogP contribution is -2.39. The van der Waals surface area contributed by atoms with E-state index in [0.717, 1.165) is 6.61 Å². The van der Waals surface area contributed by atoms with Crippen LogP contribution in [0.2, 0.25) is 0 Å². The van der Waals surface area contributed by atoms with E-state index in [1.165, 1.54) is 5.56 Å². The maximum absolute atomic E-state index is 5.24. The minimum atomic E-state index is 0.365. The maximum atomic E-state index is 5.24. The number of hydrogen-bond donors (Lipinski definition) is 1. The molecule has 2 atom stereocenters. The van der Waals surface area contributed by atoms with Gasteiger partial charge in [0.25, 0.3) is 0 Å². The smallest absolute Gasteiger partial charge is 0.0618 e. The molecular formula is C14H23NO. The average Bonchev–Trinajstić information content (AvgIpc) is 2.29. The Morgan fingerprint density at radius 1 is 1.12 bits per heavy atom. The zero-order valence-electron chi connectivity index (χ0n) is 10.7. The first-order valence-corrected chi connectivity index (χ1v) is 5.95. The van der Waals surface area contributed by atoms with Crippen LogP contribution < -0.4 is 5.32 Å². The summed E-state index contributed by atoms with van der Waals surface area (Å²) in [5, 5.41) is 3.61. The number of nitrogens with one attached hydrogen (secondary N) is 1. The van der Waals surface area contributed by atoms with E-state index in [2.05, 4.69) is 50.4 Å². The average molecular weight is 221 g/mol. The zero-order chi connectivity index (χ0) is 12.0. The fourth-order valence-corrected chi connectivity index (χ4v) is 1.77. The van der Waals surface area contributed by atoms with Crippen LogP contribution in [0.15, 0.2) is 30.3 Å². The van der Waals surface area contributed by atoms with Crippen molar-refractivity contribution in [1.82, 2.24) is 5.32 Å². The Bertz CT molecular complexity index is 284. The molecule has 0 fully saturated rings. The number of hydrogen-bond acceptors (Lipinski definition) is 2. The first-order valence-electron chi connectivity index (χ1n) is 5.95. The second-order valence-corrected chi connectivity index (χ2v) is 4.60. The molecule has 1 aromatic carbocycles. The Morgan fingerprint density at radius 3 is 2.25 bits per heavy atom. The van der Waals surface area contributed by atoms with E-state index >= 15 is 0 Å². The number of benzene rings is 1. The lowest BCUT2D eigenvalue weighted by molar-refractivity contribution is 0.141. The summed E-state index contributed by atoms with van der Waals surface area (Å²) >= 11 is 0. The predicted octanol–water partition coefficient (Wildman–Crippen LogP) is 3.01. The molecule has 90 valence electrons. The summed E-state index contributed by atoms with van der Waals surface area (Å²) in [6.07, 6.45) is 0. The molecule has 0 aliphatic carbocycles. The molecular weight excluding hydrogens is 198 g/mol. The Kier molecular flexibility index (Phi) is 5.50. The Hall–Kier alpha value is -0.860. The molecule has 0 heterocycles. The van der Waals surface area contributed by atoms with Gasteiger partial charge in [-0.3, -0.25) is 0 Å². The quantitative estimate of drug-likeness (QED) is 0.797. The fraction of sp³-hybridized carbons (Fsp3) is 0.571. The maximum Gasteiger partial charge on any atom is 0.0618 e. The molecule has 0 amide bonds. The van der Waals surface area contributed by atoms with Crippen molar-refractivity contribution >= 4 is 0 Å². The minimum Gasteiger partial charge on any atom is -0.383 e. The topological polar surface area (TPSA) is 21.3 Å². The van der Waals surface area contributed by atoms with Gasteiger partial charge < -0.3 is 10.1 Å². The van der Waals surface area contributed by atoms with E-state index in [1.54, 1.807) is 7.11 Å². The molecule has 2 heteroatoms. The van der Waals surface area contributed by atoms with Gasteiger partial charge in [-0.15, -0.1) is 0 Å². The van der Waals surface area contributed by atoms with Gasteiger partial charge in [0.05, 0.1) is 6.61 Å². The Morgan fingerprint density at radius 2 is 1.75 bits per heavy atom. The molecule has 0 saturated heterocycles. The molecule has 0 radical (unpaired) electrons. The number of methoxy groups -OCH3 is 1. The molecule has 0 aliphatic rings. The molecule has 0 bridgehead atoms. The van der Waals surface area contributed by atoms with Gasteiger partial charge >= 0.3 is 0 Å². The highest BCUT2D eigenvalue weighted by Crippen LogP contribution is 2.14. The van der Waals surface area contributed by atoms with Gasteiger partial charge in [0, 0.05) is 19.2 Å². The van der Waals surface area contributed by atoms with Gasteiger partial charge in [-0.1, -0.05) is 44.2 Å². The van der Waals surface area contributed by atoms with Crippen molar-refractivity contribution in [2.24, 2.45) is 5.92 Å². The summed E-state index contributed by atoms with van der Waals surface area (Å²) in [4.78, 5) is 0.